The molecule has 1 aliphatic rings. The van der Waals surface area contributed by atoms with Crippen LogP contribution in [0.15, 0.2) is 23.2 Å². The second kappa shape index (κ2) is 2.94. The van der Waals surface area contributed by atoms with E-state index in [9.17, 15) is 0 Å². The molecular weight excluding hydrogens is 170 g/mol. The third kappa shape index (κ3) is 1.37. The highest BCUT2D eigenvalue weighted by Gasteiger charge is 2.23. The van der Waals surface area contributed by atoms with Gasteiger partial charge in [0.25, 0.3) is 0 Å². The summed E-state index contributed by atoms with van der Waals surface area (Å²) in [5.41, 5.74) is 5.61. The van der Waals surface area contributed by atoms with Crippen molar-refractivity contribution in [1.29, 1.82) is 0 Å². The Bertz CT molecular complexity index is 394. The Labute approximate surface area is 85.9 Å². The third-order valence-corrected chi connectivity index (χ3v) is 2.81. The van der Waals surface area contributed by atoms with Gasteiger partial charge in [-0.25, -0.2) is 0 Å². The number of fused-ring (bicyclic) bond motifs is 1. The van der Waals surface area contributed by atoms with Crippen LogP contribution in [0.4, 0.5) is 0 Å². The van der Waals surface area contributed by atoms with E-state index in [1.807, 2.05) is 0 Å². The summed E-state index contributed by atoms with van der Waals surface area (Å²) < 4.78 is 0. The first-order valence-electron chi connectivity index (χ1n) is 5.14. The van der Waals surface area contributed by atoms with Crippen molar-refractivity contribution in [2.75, 3.05) is 0 Å². The van der Waals surface area contributed by atoms with Crippen molar-refractivity contribution in [3.8, 4) is 0 Å². The molecule has 0 bridgehead atoms. The first-order chi connectivity index (χ1) is 6.50. The molecule has 1 nitrogen and oxygen atoms in total. The summed E-state index contributed by atoms with van der Waals surface area (Å²) in [6, 6.07) is 6.56. The van der Waals surface area contributed by atoms with Gasteiger partial charge in [-0.05, 0) is 23.5 Å². The molecule has 0 saturated heterocycles. The zero-order valence-electron chi connectivity index (χ0n) is 9.39. The summed E-state index contributed by atoms with van der Waals surface area (Å²) in [7, 11) is 0. The molecule has 1 heteroatoms. The first kappa shape index (κ1) is 9.45. The predicted octanol–water partition coefficient (Wildman–Crippen LogP) is 3.31. The average Bonchev–Trinajstić information content (AvgIpc) is 2.46. The van der Waals surface area contributed by atoms with E-state index in [4.69, 9.17) is 0 Å². The van der Waals surface area contributed by atoms with E-state index in [-0.39, 0.29) is 5.41 Å². The summed E-state index contributed by atoms with van der Waals surface area (Å²) in [6.07, 6.45) is 0. The highest BCUT2D eigenvalue weighted by atomic mass is 14.8. The topological polar surface area (TPSA) is 12.4 Å². The van der Waals surface area contributed by atoms with Gasteiger partial charge in [0, 0.05) is 11.3 Å². The quantitative estimate of drug-likeness (QED) is 0.591. The molecule has 1 aromatic rings. The van der Waals surface area contributed by atoms with Gasteiger partial charge in [-0.3, -0.25) is 4.99 Å². The normalized spacial score (nSPS) is 15.3. The highest BCUT2D eigenvalue weighted by molar-refractivity contribution is 6.03. The standard InChI is InChI=1S/C13H17N/c1-9-12-10(8-14-9)6-5-7-11(12)13(2,3)4/h5-7H,8H2,1-4H3. The Morgan fingerprint density at radius 1 is 1.21 bits per heavy atom. The lowest BCUT2D eigenvalue weighted by molar-refractivity contribution is 0.589. The number of hydrogen-bond donors (Lipinski definition) is 0. The van der Waals surface area contributed by atoms with Crippen LogP contribution in [0.1, 0.15) is 44.4 Å². The van der Waals surface area contributed by atoms with Gasteiger partial charge < -0.3 is 0 Å². The average molecular weight is 187 g/mol. The Hall–Kier alpha value is -1.11. The van der Waals surface area contributed by atoms with Gasteiger partial charge in [-0.15, -0.1) is 0 Å². The molecule has 2 rings (SSSR count). The van der Waals surface area contributed by atoms with Crippen LogP contribution < -0.4 is 0 Å². The zero-order valence-corrected chi connectivity index (χ0v) is 9.39. The van der Waals surface area contributed by atoms with Gasteiger partial charge in [0.15, 0.2) is 0 Å². The van der Waals surface area contributed by atoms with Crippen LogP contribution in [0.5, 0.6) is 0 Å². The number of rotatable bonds is 0. The molecule has 0 amide bonds. The molecule has 1 aromatic carbocycles. The maximum Gasteiger partial charge on any atom is 0.0649 e. The number of benzene rings is 1. The second-order valence-corrected chi connectivity index (χ2v) is 4.99. The Kier molecular flexibility index (Phi) is 1.99. The lowest BCUT2D eigenvalue weighted by Crippen LogP contribution is -2.16. The summed E-state index contributed by atoms with van der Waals surface area (Å²) in [5, 5.41) is 0. The maximum atomic E-state index is 4.49. The molecule has 0 spiro atoms. The summed E-state index contributed by atoms with van der Waals surface area (Å²) in [6.45, 7) is 9.75. The fourth-order valence-electron chi connectivity index (χ4n) is 2.07. The van der Waals surface area contributed by atoms with Gasteiger partial charge in [0.2, 0.25) is 0 Å². The van der Waals surface area contributed by atoms with Crippen molar-refractivity contribution in [3.63, 3.8) is 0 Å². The molecule has 1 heterocycles. The molecule has 0 aromatic heterocycles. The lowest BCUT2D eigenvalue weighted by atomic mass is 9.81. The minimum absolute atomic E-state index is 0.215. The fourth-order valence-corrected chi connectivity index (χ4v) is 2.07. The highest BCUT2D eigenvalue weighted by Crippen LogP contribution is 2.31. The molecule has 0 N–H and O–H groups in total. The summed E-state index contributed by atoms with van der Waals surface area (Å²) in [5.74, 6) is 0. The maximum absolute atomic E-state index is 4.49. The van der Waals surface area contributed by atoms with E-state index in [0.717, 1.165) is 6.54 Å². The molecule has 0 saturated carbocycles. The van der Waals surface area contributed by atoms with E-state index in [1.165, 1.54) is 22.4 Å². The van der Waals surface area contributed by atoms with Crippen LogP contribution >= 0.6 is 0 Å². The van der Waals surface area contributed by atoms with E-state index < -0.39 is 0 Å². The van der Waals surface area contributed by atoms with Gasteiger partial charge in [0.05, 0.1) is 6.54 Å². The minimum atomic E-state index is 0.215. The van der Waals surface area contributed by atoms with E-state index in [0.29, 0.717) is 0 Å². The van der Waals surface area contributed by atoms with Crippen molar-refractivity contribution in [3.05, 3.63) is 34.9 Å². The molecule has 1 aliphatic heterocycles. The van der Waals surface area contributed by atoms with Crippen LogP contribution in [0.25, 0.3) is 0 Å². The Morgan fingerprint density at radius 2 is 1.93 bits per heavy atom. The molecule has 0 unspecified atom stereocenters. The zero-order chi connectivity index (χ0) is 10.3. The van der Waals surface area contributed by atoms with Crippen LogP contribution in [-0.4, -0.2) is 5.71 Å². The fraction of sp³-hybridized carbons (Fsp3) is 0.462. The van der Waals surface area contributed by atoms with Crippen LogP contribution in [0.3, 0.4) is 0 Å². The van der Waals surface area contributed by atoms with Gasteiger partial charge >= 0.3 is 0 Å². The number of nitrogens with zero attached hydrogens (tertiary/aromatic N) is 1. The summed E-state index contributed by atoms with van der Waals surface area (Å²) >= 11 is 0. The number of hydrogen-bond acceptors (Lipinski definition) is 1. The van der Waals surface area contributed by atoms with Crippen molar-refractivity contribution < 1.29 is 0 Å². The van der Waals surface area contributed by atoms with Crippen molar-refractivity contribution in [2.45, 2.75) is 39.7 Å². The SMILES string of the molecule is CC1=NCc2cccc(C(C)(C)C)c21. The molecule has 0 atom stereocenters. The van der Waals surface area contributed by atoms with E-state index in [1.54, 1.807) is 0 Å². The molecule has 0 fully saturated rings. The van der Waals surface area contributed by atoms with E-state index in [2.05, 4.69) is 50.9 Å². The van der Waals surface area contributed by atoms with Gasteiger partial charge in [0.1, 0.15) is 0 Å². The minimum Gasteiger partial charge on any atom is -0.285 e. The van der Waals surface area contributed by atoms with Crippen LogP contribution in [-0.2, 0) is 12.0 Å². The summed E-state index contributed by atoms with van der Waals surface area (Å²) in [4.78, 5) is 4.49. The Morgan fingerprint density at radius 3 is 2.57 bits per heavy atom. The van der Waals surface area contributed by atoms with Crippen molar-refractivity contribution >= 4 is 5.71 Å². The molecule has 0 radical (unpaired) electrons. The molecule has 0 aliphatic carbocycles. The van der Waals surface area contributed by atoms with Crippen molar-refractivity contribution in [1.82, 2.24) is 0 Å². The monoisotopic (exact) mass is 187 g/mol. The van der Waals surface area contributed by atoms with E-state index >= 15 is 0 Å². The molecule has 14 heavy (non-hydrogen) atoms. The molecular formula is C13H17N. The van der Waals surface area contributed by atoms with Gasteiger partial charge in [-0.2, -0.15) is 0 Å². The first-order valence-corrected chi connectivity index (χ1v) is 5.14. The molecule has 74 valence electrons. The predicted molar refractivity (Wildman–Crippen MR) is 61.1 cm³/mol. The van der Waals surface area contributed by atoms with Gasteiger partial charge in [-0.1, -0.05) is 39.0 Å². The lowest BCUT2D eigenvalue weighted by Gasteiger charge is -2.22. The largest absolute Gasteiger partial charge is 0.285 e. The Balaban J connectivity index is 2.64. The second-order valence-electron chi connectivity index (χ2n) is 4.99. The van der Waals surface area contributed by atoms with Crippen LogP contribution in [0, 0.1) is 0 Å². The number of aliphatic imine (C=N–C) groups is 1. The smallest absolute Gasteiger partial charge is 0.0649 e. The third-order valence-electron chi connectivity index (χ3n) is 2.81. The van der Waals surface area contributed by atoms with Crippen molar-refractivity contribution in [2.24, 2.45) is 4.99 Å². The van der Waals surface area contributed by atoms with Crippen LogP contribution in [0.2, 0.25) is 0 Å².